The monoisotopic (exact) mass is 297 g/mol. The minimum absolute atomic E-state index is 0.340. The standard InChI is InChI=1S/C15H29N3O.C2H6/c1-13(2)14-4-6-18(7-5-14)15(19)12-17-10-8-16(3)9-11-17;1-2/h13-14H,4-12H2,1-3H3;1-2H3. The molecule has 0 aromatic rings. The Morgan fingerprint density at radius 3 is 2.00 bits per heavy atom. The van der Waals surface area contributed by atoms with Crippen LogP contribution >= 0.6 is 0 Å². The SMILES string of the molecule is CC.CC(C)C1CCN(C(=O)CN2CCN(C)CC2)CC1. The van der Waals surface area contributed by atoms with Crippen LogP contribution in [0.3, 0.4) is 0 Å². The highest BCUT2D eigenvalue weighted by molar-refractivity contribution is 5.78. The molecule has 0 atom stereocenters. The fourth-order valence-electron chi connectivity index (χ4n) is 3.11. The predicted molar refractivity (Wildman–Crippen MR) is 89.4 cm³/mol. The third-order valence-corrected chi connectivity index (χ3v) is 4.79. The third-order valence-electron chi connectivity index (χ3n) is 4.79. The lowest BCUT2D eigenvalue weighted by atomic mass is 9.87. The number of hydrogen-bond donors (Lipinski definition) is 0. The average Bonchev–Trinajstić information content (AvgIpc) is 2.51. The second-order valence-electron chi connectivity index (χ2n) is 6.54. The second kappa shape index (κ2) is 9.42. The first-order valence-corrected chi connectivity index (χ1v) is 8.75. The molecule has 2 aliphatic rings. The average molecular weight is 297 g/mol. The maximum absolute atomic E-state index is 12.3. The van der Waals surface area contributed by atoms with Gasteiger partial charge in [0.1, 0.15) is 0 Å². The summed E-state index contributed by atoms with van der Waals surface area (Å²) in [6.45, 7) is 15.4. The normalized spacial score (nSPS) is 22.1. The Morgan fingerprint density at radius 1 is 1.00 bits per heavy atom. The summed E-state index contributed by atoms with van der Waals surface area (Å²) in [5, 5.41) is 0. The van der Waals surface area contributed by atoms with Crippen LogP contribution in [0.2, 0.25) is 0 Å². The van der Waals surface area contributed by atoms with Gasteiger partial charge in [-0.1, -0.05) is 27.7 Å². The highest BCUT2D eigenvalue weighted by atomic mass is 16.2. The van der Waals surface area contributed by atoms with Crippen molar-refractivity contribution in [2.75, 3.05) is 52.9 Å². The van der Waals surface area contributed by atoms with E-state index in [9.17, 15) is 4.79 Å². The van der Waals surface area contributed by atoms with Crippen LogP contribution in [0.4, 0.5) is 0 Å². The molecule has 2 heterocycles. The maximum Gasteiger partial charge on any atom is 0.236 e. The minimum atomic E-state index is 0.340. The summed E-state index contributed by atoms with van der Waals surface area (Å²) in [4.78, 5) is 19.0. The largest absolute Gasteiger partial charge is 0.342 e. The predicted octanol–water partition coefficient (Wildman–Crippen LogP) is 2.15. The van der Waals surface area contributed by atoms with Crippen molar-refractivity contribution < 1.29 is 4.79 Å². The fraction of sp³-hybridized carbons (Fsp3) is 0.941. The number of carbonyl (C=O) groups is 1. The summed E-state index contributed by atoms with van der Waals surface area (Å²) in [5.41, 5.74) is 0. The van der Waals surface area contributed by atoms with E-state index in [0.29, 0.717) is 12.5 Å². The van der Waals surface area contributed by atoms with Crippen LogP contribution < -0.4 is 0 Å². The Morgan fingerprint density at radius 2 is 1.52 bits per heavy atom. The van der Waals surface area contributed by atoms with Crippen molar-refractivity contribution in [1.29, 1.82) is 0 Å². The molecule has 0 spiro atoms. The van der Waals surface area contributed by atoms with Crippen LogP contribution in [-0.4, -0.2) is 73.5 Å². The molecule has 1 amide bonds. The van der Waals surface area contributed by atoms with Gasteiger partial charge in [0.2, 0.25) is 5.91 Å². The lowest BCUT2D eigenvalue weighted by molar-refractivity contribution is -0.134. The summed E-state index contributed by atoms with van der Waals surface area (Å²) in [7, 11) is 2.15. The lowest BCUT2D eigenvalue weighted by Gasteiger charge is -2.36. The van der Waals surface area contributed by atoms with Crippen LogP contribution in [0.1, 0.15) is 40.5 Å². The zero-order valence-corrected chi connectivity index (χ0v) is 14.8. The molecule has 0 bridgehead atoms. The second-order valence-corrected chi connectivity index (χ2v) is 6.54. The van der Waals surface area contributed by atoms with Crippen molar-refractivity contribution in [3.8, 4) is 0 Å². The molecule has 0 radical (unpaired) electrons. The number of likely N-dealkylation sites (N-methyl/N-ethyl adjacent to an activating group) is 1. The Kier molecular flexibility index (Phi) is 8.27. The van der Waals surface area contributed by atoms with Crippen molar-refractivity contribution in [2.45, 2.75) is 40.5 Å². The van der Waals surface area contributed by atoms with Crippen molar-refractivity contribution in [3.63, 3.8) is 0 Å². The van der Waals surface area contributed by atoms with E-state index in [1.54, 1.807) is 0 Å². The van der Waals surface area contributed by atoms with Crippen molar-refractivity contribution in [1.82, 2.24) is 14.7 Å². The van der Waals surface area contributed by atoms with Crippen LogP contribution in [0, 0.1) is 11.8 Å². The zero-order valence-electron chi connectivity index (χ0n) is 14.8. The summed E-state index contributed by atoms with van der Waals surface area (Å²) in [6.07, 6.45) is 2.37. The van der Waals surface area contributed by atoms with E-state index in [0.717, 1.165) is 51.1 Å². The summed E-state index contributed by atoms with van der Waals surface area (Å²) >= 11 is 0. The molecular formula is C17H35N3O. The van der Waals surface area contributed by atoms with Gasteiger partial charge in [0.05, 0.1) is 6.54 Å². The molecule has 124 valence electrons. The molecular weight excluding hydrogens is 262 g/mol. The highest BCUT2D eigenvalue weighted by Crippen LogP contribution is 2.24. The Hall–Kier alpha value is -0.610. The summed E-state index contributed by atoms with van der Waals surface area (Å²) in [5.74, 6) is 1.91. The Bertz CT molecular complexity index is 290. The number of piperazine rings is 1. The number of likely N-dealkylation sites (tertiary alicyclic amines) is 1. The number of amides is 1. The Balaban J connectivity index is 0.00000106. The van der Waals surface area contributed by atoms with Gasteiger partial charge in [-0.05, 0) is 31.7 Å². The third kappa shape index (κ3) is 5.95. The first kappa shape index (κ1) is 18.4. The van der Waals surface area contributed by atoms with E-state index < -0.39 is 0 Å². The number of piperidine rings is 1. The first-order chi connectivity index (χ1) is 10.1. The smallest absolute Gasteiger partial charge is 0.236 e. The van der Waals surface area contributed by atoms with E-state index in [1.807, 2.05) is 13.8 Å². The van der Waals surface area contributed by atoms with Gasteiger partial charge in [-0.25, -0.2) is 0 Å². The van der Waals surface area contributed by atoms with Gasteiger partial charge in [-0.15, -0.1) is 0 Å². The molecule has 0 aromatic heterocycles. The maximum atomic E-state index is 12.3. The molecule has 0 aliphatic carbocycles. The van der Waals surface area contributed by atoms with E-state index in [1.165, 1.54) is 12.8 Å². The van der Waals surface area contributed by atoms with Crippen LogP contribution in [0.15, 0.2) is 0 Å². The van der Waals surface area contributed by atoms with Crippen molar-refractivity contribution >= 4 is 5.91 Å². The molecule has 2 saturated heterocycles. The first-order valence-electron chi connectivity index (χ1n) is 8.75. The molecule has 0 saturated carbocycles. The number of rotatable bonds is 3. The van der Waals surface area contributed by atoms with Crippen LogP contribution in [-0.2, 0) is 4.79 Å². The molecule has 21 heavy (non-hydrogen) atoms. The van der Waals surface area contributed by atoms with Crippen molar-refractivity contribution in [2.24, 2.45) is 11.8 Å². The highest BCUT2D eigenvalue weighted by Gasteiger charge is 2.26. The number of nitrogens with zero attached hydrogens (tertiary/aromatic N) is 3. The lowest BCUT2D eigenvalue weighted by Crippen LogP contribution is -2.50. The zero-order chi connectivity index (χ0) is 15.8. The van der Waals surface area contributed by atoms with Gasteiger partial charge in [0, 0.05) is 39.3 Å². The number of carbonyl (C=O) groups excluding carboxylic acids is 1. The van der Waals surface area contributed by atoms with Gasteiger partial charge in [-0.3, -0.25) is 9.69 Å². The number of hydrogen-bond acceptors (Lipinski definition) is 3. The van der Waals surface area contributed by atoms with E-state index in [-0.39, 0.29) is 0 Å². The fourth-order valence-corrected chi connectivity index (χ4v) is 3.11. The van der Waals surface area contributed by atoms with Gasteiger partial charge < -0.3 is 9.80 Å². The molecule has 0 N–H and O–H groups in total. The molecule has 2 aliphatic heterocycles. The van der Waals surface area contributed by atoms with Gasteiger partial charge in [0.15, 0.2) is 0 Å². The molecule has 4 nitrogen and oxygen atoms in total. The van der Waals surface area contributed by atoms with Gasteiger partial charge in [-0.2, -0.15) is 0 Å². The van der Waals surface area contributed by atoms with Gasteiger partial charge in [0.25, 0.3) is 0 Å². The van der Waals surface area contributed by atoms with Crippen LogP contribution in [0.5, 0.6) is 0 Å². The molecule has 0 aromatic carbocycles. The molecule has 0 unspecified atom stereocenters. The molecule has 2 rings (SSSR count). The van der Waals surface area contributed by atoms with E-state index >= 15 is 0 Å². The minimum Gasteiger partial charge on any atom is -0.342 e. The van der Waals surface area contributed by atoms with Gasteiger partial charge >= 0.3 is 0 Å². The quantitative estimate of drug-likeness (QED) is 0.799. The topological polar surface area (TPSA) is 26.8 Å². The van der Waals surface area contributed by atoms with Crippen molar-refractivity contribution in [3.05, 3.63) is 0 Å². The summed E-state index contributed by atoms with van der Waals surface area (Å²) < 4.78 is 0. The molecule has 2 fully saturated rings. The molecule has 4 heteroatoms. The van der Waals surface area contributed by atoms with E-state index in [2.05, 4.69) is 35.6 Å². The summed E-state index contributed by atoms with van der Waals surface area (Å²) in [6, 6.07) is 0. The van der Waals surface area contributed by atoms with E-state index in [4.69, 9.17) is 0 Å². The van der Waals surface area contributed by atoms with Crippen LogP contribution in [0.25, 0.3) is 0 Å². The Labute approximate surface area is 131 Å².